The van der Waals surface area contributed by atoms with Crippen LogP contribution < -0.4 is 0 Å². The number of hydrogen-bond acceptors (Lipinski definition) is 3. The second-order valence-electron chi connectivity index (χ2n) is 5.03. The molecule has 21 heavy (non-hydrogen) atoms. The first-order valence-electron chi connectivity index (χ1n) is 6.70. The highest BCUT2D eigenvalue weighted by atomic mass is 35.5. The maximum atomic E-state index is 5.90. The van der Waals surface area contributed by atoms with Gasteiger partial charge in [0.2, 0.25) is 0 Å². The van der Waals surface area contributed by atoms with E-state index < -0.39 is 0 Å². The van der Waals surface area contributed by atoms with Gasteiger partial charge >= 0.3 is 0 Å². The minimum absolute atomic E-state index is 0.757. The summed E-state index contributed by atoms with van der Waals surface area (Å²) in [6, 6.07) is 12.1. The van der Waals surface area contributed by atoms with Gasteiger partial charge in [-0.3, -0.25) is 9.58 Å². The first-order chi connectivity index (χ1) is 10.2. The monoisotopic (exact) mass is 317 g/mol. The fourth-order valence-electron chi connectivity index (χ4n) is 2.20. The van der Waals surface area contributed by atoms with Crippen LogP contribution in [0.3, 0.4) is 0 Å². The lowest BCUT2D eigenvalue weighted by atomic mass is 10.2. The molecule has 0 aliphatic heterocycles. The minimum Gasteiger partial charge on any atom is -0.283 e. The highest BCUT2D eigenvalue weighted by Crippen LogP contribution is 2.19. The Bertz CT molecular complexity index is 689. The van der Waals surface area contributed by atoms with Crippen LogP contribution in [0.15, 0.2) is 53.4 Å². The molecule has 0 bridgehead atoms. The zero-order valence-electron chi connectivity index (χ0n) is 11.7. The van der Waals surface area contributed by atoms with E-state index >= 15 is 0 Å². The van der Waals surface area contributed by atoms with E-state index in [-0.39, 0.29) is 0 Å². The lowest BCUT2D eigenvalue weighted by Gasteiger charge is -2.16. The van der Waals surface area contributed by atoms with Crippen molar-refractivity contribution < 1.29 is 0 Å². The molecule has 1 aromatic carbocycles. The molecule has 0 amide bonds. The van der Waals surface area contributed by atoms with Crippen molar-refractivity contribution in [2.45, 2.75) is 13.2 Å². The molecule has 0 aliphatic carbocycles. The van der Waals surface area contributed by atoms with Gasteiger partial charge in [0.1, 0.15) is 0 Å². The predicted molar refractivity (Wildman–Crippen MR) is 88.5 cm³/mol. The summed E-state index contributed by atoms with van der Waals surface area (Å²) < 4.78 is 1.96. The minimum atomic E-state index is 0.757. The van der Waals surface area contributed by atoms with Crippen LogP contribution >= 0.6 is 22.9 Å². The van der Waals surface area contributed by atoms with Crippen LogP contribution in [-0.2, 0) is 13.2 Å². The molecule has 3 aromatic rings. The van der Waals surface area contributed by atoms with Crippen LogP contribution in [0.2, 0.25) is 5.02 Å². The summed E-state index contributed by atoms with van der Waals surface area (Å²) in [4.78, 5) is 2.22. The Morgan fingerprint density at radius 1 is 1.19 bits per heavy atom. The highest BCUT2D eigenvalue weighted by Gasteiger charge is 2.05. The maximum Gasteiger partial charge on any atom is 0.0932 e. The highest BCUT2D eigenvalue weighted by molar-refractivity contribution is 7.08. The van der Waals surface area contributed by atoms with Crippen molar-refractivity contribution in [3.8, 4) is 11.3 Å². The summed E-state index contributed by atoms with van der Waals surface area (Å²) in [5.41, 5.74) is 3.45. The summed E-state index contributed by atoms with van der Waals surface area (Å²) >= 11 is 7.59. The van der Waals surface area contributed by atoms with Crippen molar-refractivity contribution in [2.24, 2.45) is 0 Å². The second kappa shape index (κ2) is 6.43. The Morgan fingerprint density at radius 2 is 2.00 bits per heavy atom. The maximum absolute atomic E-state index is 5.90. The van der Waals surface area contributed by atoms with E-state index in [4.69, 9.17) is 11.6 Å². The standard InChI is InChI=1S/C16H16ClN3S/c1-19(10-13-2-4-15(17)5-3-13)12-20-8-6-16(18-20)14-7-9-21-11-14/h2-9,11H,10,12H2,1H3. The van der Waals surface area contributed by atoms with E-state index in [0.29, 0.717) is 0 Å². The van der Waals surface area contributed by atoms with E-state index in [0.717, 1.165) is 23.9 Å². The lowest BCUT2D eigenvalue weighted by Crippen LogP contribution is -2.21. The van der Waals surface area contributed by atoms with Crippen molar-refractivity contribution in [1.29, 1.82) is 0 Å². The quantitative estimate of drug-likeness (QED) is 0.697. The number of thiophene rings is 1. The topological polar surface area (TPSA) is 21.1 Å². The average molecular weight is 318 g/mol. The van der Waals surface area contributed by atoms with E-state index in [1.165, 1.54) is 11.1 Å². The molecule has 0 unspecified atom stereocenters. The van der Waals surface area contributed by atoms with Crippen molar-refractivity contribution >= 4 is 22.9 Å². The fourth-order valence-corrected chi connectivity index (χ4v) is 2.98. The first kappa shape index (κ1) is 14.3. The molecule has 0 radical (unpaired) electrons. The third kappa shape index (κ3) is 3.73. The molecule has 3 rings (SSSR count). The molecular formula is C16H16ClN3S. The Hall–Kier alpha value is -1.62. The predicted octanol–water partition coefficient (Wildman–Crippen LogP) is 4.35. The normalized spacial score (nSPS) is 11.2. The number of hydrogen-bond donors (Lipinski definition) is 0. The van der Waals surface area contributed by atoms with Gasteiger partial charge in [-0.2, -0.15) is 16.4 Å². The van der Waals surface area contributed by atoms with Crippen LogP contribution in [0.5, 0.6) is 0 Å². The third-order valence-electron chi connectivity index (χ3n) is 3.21. The number of halogens is 1. The molecule has 0 saturated carbocycles. The van der Waals surface area contributed by atoms with Crippen LogP contribution in [0.1, 0.15) is 5.56 Å². The molecule has 108 valence electrons. The third-order valence-corrected chi connectivity index (χ3v) is 4.14. The summed E-state index contributed by atoms with van der Waals surface area (Å²) in [6.07, 6.45) is 2.02. The molecule has 2 aromatic heterocycles. The smallest absolute Gasteiger partial charge is 0.0932 e. The molecule has 0 N–H and O–H groups in total. The lowest BCUT2D eigenvalue weighted by molar-refractivity contribution is 0.247. The van der Waals surface area contributed by atoms with Gasteiger partial charge in [0.05, 0.1) is 12.4 Å². The van der Waals surface area contributed by atoms with Crippen molar-refractivity contribution in [1.82, 2.24) is 14.7 Å². The van der Waals surface area contributed by atoms with E-state index in [1.54, 1.807) is 11.3 Å². The van der Waals surface area contributed by atoms with E-state index in [9.17, 15) is 0 Å². The van der Waals surface area contributed by atoms with Crippen molar-refractivity contribution in [3.05, 3.63) is 63.9 Å². The van der Waals surface area contributed by atoms with Crippen LogP contribution in [0.25, 0.3) is 11.3 Å². The molecule has 0 atom stereocenters. The van der Waals surface area contributed by atoms with Gasteiger partial charge < -0.3 is 0 Å². The van der Waals surface area contributed by atoms with Gasteiger partial charge in [-0.1, -0.05) is 23.7 Å². The molecule has 0 aliphatic rings. The Morgan fingerprint density at radius 3 is 2.71 bits per heavy atom. The molecule has 0 fully saturated rings. The summed E-state index contributed by atoms with van der Waals surface area (Å²) in [7, 11) is 2.08. The van der Waals surface area contributed by atoms with Crippen LogP contribution in [-0.4, -0.2) is 21.7 Å². The Balaban J connectivity index is 1.62. The number of nitrogens with zero attached hydrogens (tertiary/aromatic N) is 3. The Labute approximate surface area is 133 Å². The van der Waals surface area contributed by atoms with Gasteiger partial charge in [-0.05, 0) is 42.3 Å². The van der Waals surface area contributed by atoms with Gasteiger partial charge in [-0.25, -0.2) is 0 Å². The molecule has 3 nitrogen and oxygen atoms in total. The molecule has 2 heterocycles. The van der Waals surface area contributed by atoms with Crippen molar-refractivity contribution in [2.75, 3.05) is 7.05 Å². The summed E-state index contributed by atoms with van der Waals surface area (Å²) in [5.74, 6) is 0. The SMILES string of the molecule is CN(Cc1ccc(Cl)cc1)Cn1ccc(-c2ccsc2)n1. The Kier molecular flexibility index (Phi) is 4.39. The van der Waals surface area contributed by atoms with Crippen LogP contribution in [0, 0.1) is 0 Å². The number of aromatic nitrogens is 2. The largest absolute Gasteiger partial charge is 0.283 e. The zero-order valence-corrected chi connectivity index (χ0v) is 13.3. The summed E-state index contributed by atoms with van der Waals surface area (Å²) in [6.45, 7) is 1.62. The average Bonchev–Trinajstić information content (AvgIpc) is 3.12. The van der Waals surface area contributed by atoms with Gasteiger partial charge in [-0.15, -0.1) is 0 Å². The van der Waals surface area contributed by atoms with E-state index in [1.807, 2.05) is 23.0 Å². The van der Waals surface area contributed by atoms with Crippen LogP contribution in [0.4, 0.5) is 0 Å². The van der Waals surface area contributed by atoms with Gasteiger partial charge in [0.25, 0.3) is 0 Å². The molecule has 5 heteroatoms. The number of rotatable bonds is 5. The zero-order chi connectivity index (χ0) is 14.7. The van der Waals surface area contributed by atoms with Crippen molar-refractivity contribution in [3.63, 3.8) is 0 Å². The fraction of sp³-hybridized carbons (Fsp3) is 0.188. The van der Waals surface area contributed by atoms with Gasteiger partial charge in [0.15, 0.2) is 0 Å². The second-order valence-corrected chi connectivity index (χ2v) is 6.25. The summed E-state index contributed by atoms with van der Waals surface area (Å²) in [5, 5.41) is 9.57. The molecule has 0 saturated heterocycles. The first-order valence-corrected chi connectivity index (χ1v) is 8.02. The van der Waals surface area contributed by atoms with Gasteiger partial charge in [0, 0.05) is 28.7 Å². The number of benzene rings is 1. The van der Waals surface area contributed by atoms with E-state index in [2.05, 4.69) is 52.1 Å². The molecular weight excluding hydrogens is 302 g/mol. The molecule has 0 spiro atoms.